The third-order valence-electron chi connectivity index (χ3n) is 5.77. The molecule has 1 aliphatic heterocycles. The van der Waals surface area contributed by atoms with Crippen molar-refractivity contribution >= 4 is 31.3 Å². The van der Waals surface area contributed by atoms with Gasteiger partial charge in [0.2, 0.25) is 18.1 Å². The molecule has 1 aliphatic rings. The molecular weight excluding hydrogens is 418 g/mol. The number of carbonyl (C=O) groups excluding carboxylic acids is 1. The second-order valence-electron chi connectivity index (χ2n) is 9.52. The molecule has 2 atom stereocenters. The number of rotatable bonds is 6. The van der Waals surface area contributed by atoms with Gasteiger partial charge < -0.3 is 14.3 Å². The predicted molar refractivity (Wildman–Crippen MR) is 119 cm³/mol. The molecule has 170 valence electrons. The average Bonchev–Trinajstić information content (AvgIpc) is 3.24. The Balaban J connectivity index is 2.01. The molecule has 10 nitrogen and oxygen atoms in total. The number of aliphatic hydroxyl groups excluding tert-OH is 1. The minimum atomic E-state index is -2.18. The van der Waals surface area contributed by atoms with Gasteiger partial charge in [0.1, 0.15) is 24.8 Å². The maximum atomic E-state index is 12.5. The molecule has 3 rings (SSSR count). The van der Waals surface area contributed by atoms with Crippen LogP contribution in [0.5, 0.6) is 0 Å². The largest absolute Gasteiger partial charge is 0.469 e. The summed E-state index contributed by atoms with van der Waals surface area (Å²) in [5.41, 5.74) is -0.100. The zero-order valence-electron chi connectivity index (χ0n) is 19.0. The Morgan fingerprint density at radius 1 is 1.42 bits per heavy atom. The normalized spacial score (nSPS) is 19.6. The summed E-state index contributed by atoms with van der Waals surface area (Å²) in [6.45, 7) is 13.9. The number of nitrogens with one attached hydrogen (secondary N) is 2. The minimum absolute atomic E-state index is 0.0337. The second kappa shape index (κ2) is 8.21. The van der Waals surface area contributed by atoms with Gasteiger partial charge in [-0.3, -0.25) is 24.5 Å². The fraction of sp³-hybridized carbons (Fsp3) is 0.600. The number of amides is 1. The Bertz CT molecular complexity index is 1070. The molecule has 0 saturated heterocycles. The number of H-pyrrole nitrogens is 1. The lowest BCUT2D eigenvalue weighted by molar-refractivity contribution is -0.118. The van der Waals surface area contributed by atoms with E-state index in [9.17, 15) is 14.7 Å². The number of aromatic amines is 1. The van der Waals surface area contributed by atoms with E-state index in [0.29, 0.717) is 5.76 Å². The van der Waals surface area contributed by atoms with Gasteiger partial charge in [-0.05, 0) is 24.2 Å². The Morgan fingerprint density at radius 3 is 2.68 bits per heavy atom. The number of ether oxygens (including phenoxy) is 1. The van der Waals surface area contributed by atoms with Gasteiger partial charge in [0.25, 0.3) is 5.56 Å². The molecule has 1 amide bonds. The third kappa shape index (κ3) is 4.58. The Kier molecular flexibility index (Phi) is 6.13. The van der Waals surface area contributed by atoms with Gasteiger partial charge in [-0.15, -0.1) is 0 Å². The number of nitrogens with zero attached hydrogens (tertiary/aromatic N) is 3. The molecular formula is C20H31N5O5Si. The van der Waals surface area contributed by atoms with Gasteiger partial charge in [0.15, 0.2) is 19.5 Å². The topological polar surface area (TPSA) is 131 Å². The summed E-state index contributed by atoms with van der Waals surface area (Å²) in [7, 11) is -2.18. The van der Waals surface area contributed by atoms with Gasteiger partial charge in [-0.25, -0.2) is 4.98 Å². The highest BCUT2D eigenvalue weighted by Gasteiger charge is 2.43. The van der Waals surface area contributed by atoms with Crippen molar-refractivity contribution in [3.05, 3.63) is 28.5 Å². The minimum Gasteiger partial charge on any atom is -0.469 e. The summed E-state index contributed by atoms with van der Waals surface area (Å²) >= 11 is 0. The van der Waals surface area contributed by atoms with Crippen LogP contribution in [0.3, 0.4) is 0 Å². The first kappa shape index (κ1) is 23.2. The zero-order chi connectivity index (χ0) is 23.1. The van der Waals surface area contributed by atoms with Gasteiger partial charge in [-0.2, -0.15) is 4.98 Å². The smallest absolute Gasteiger partial charge is 0.280 e. The van der Waals surface area contributed by atoms with E-state index in [1.165, 1.54) is 6.33 Å². The molecule has 11 heteroatoms. The number of imidazole rings is 1. The van der Waals surface area contributed by atoms with Crippen molar-refractivity contribution in [1.29, 1.82) is 0 Å². The Morgan fingerprint density at radius 2 is 2.10 bits per heavy atom. The van der Waals surface area contributed by atoms with Crippen molar-refractivity contribution in [3.8, 4) is 0 Å². The molecule has 0 aromatic carbocycles. The molecule has 3 N–H and O–H groups in total. The number of carbonyl (C=O) groups is 1. The SMILES string of the molecule is CC(C)C(=O)Nc1nc2c(ncn2C2OC(CO)=CC2O[Si](C)(C)C(C)(C)C)c(=O)[nH]1. The number of anilines is 1. The lowest BCUT2D eigenvalue weighted by atomic mass is 10.2. The summed E-state index contributed by atoms with van der Waals surface area (Å²) < 4.78 is 14.1. The molecule has 2 aromatic heterocycles. The number of hydrogen-bond acceptors (Lipinski definition) is 7. The molecule has 0 fully saturated rings. The molecule has 31 heavy (non-hydrogen) atoms. The molecule has 2 aromatic rings. The monoisotopic (exact) mass is 449 g/mol. The van der Waals surface area contributed by atoms with E-state index in [-0.39, 0.29) is 40.6 Å². The third-order valence-corrected chi connectivity index (χ3v) is 10.2. The van der Waals surface area contributed by atoms with Gasteiger partial charge in [-0.1, -0.05) is 34.6 Å². The van der Waals surface area contributed by atoms with Crippen LogP contribution in [0.1, 0.15) is 40.8 Å². The van der Waals surface area contributed by atoms with Crippen LogP contribution in [-0.2, 0) is 14.0 Å². The summed E-state index contributed by atoms with van der Waals surface area (Å²) in [4.78, 5) is 35.7. The van der Waals surface area contributed by atoms with E-state index in [2.05, 4.69) is 54.1 Å². The number of aromatic nitrogens is 4. The van der Waals surface area contributed by atoms with E-state index in [1.54, 1.807) is 24.5 Å². The van der Waals surface area contributed by atoms with E-state index >= 15 is 0 Å². The molecule has 3 heterocycles. The fourth-order valence-corrected chi connectivity index (χ4v) is 4.09. The van der Waals surface area contributed by atoms with Crippen LogP contribution in [0.15, 0.2) is 23.0 Å². The van der Waals surface area contributed by atoms with Crippen LogP contribution in [-0.4, -0.2) is 51.6 Å². The molecule has 2 unspecified atom stereocenters. The van der Waals surface area contributed by atoms with Crippen molar-refractivity contribution in [2.75, 3.05) is 11.9 Å². The van der Waals surface area contributed by atoms with Gasteiger partial charge in [0.05, 0.1) is 0 Å². The fourth-order valence-electron chi connectivity index (χ4n) is 2.87. The lowest BCUT2D eigenvalue weighted by Gasteiger charge is -2.39. The van der Waals surface area contributed by atoms with Crippen molar-refractivity contribution in [2.45, 2.75) is 65.1 Å². The highest BCUT2D eigenvalue weighted by atomic mass is 28.4. The summed E-state index contributed by atoms with van der Waals surface area (Å²) in [6.07, 6.45) is 2.03. The highest BCUT2D eigenvalue weighted by molar-refractivity contribution is 6.74. The van der Waals surface area contributed by atoms with Crippen LogP contribution in [0.4, 0.5) is 5.95 Å². The average molecular weight is 450 g/mol. The highest BCUT2D eigenvalue weighted by Crippen LogP contribution is 2.41. The maximum absolute atomic E-state index is 12.5. The molecule has 0 bridgehead atoms. The van der Waals surface area contributed by atoms with Crippen molar-refractivity contribution in [2.24, 2.45) is 5.92 Å². The number of hydrogen-bond donors (Lipinski definition) is 3. The zero-order valence-corrected chi connectivity index (χ0v) is 20.0. The van der Waals surface area contributed by atoms with Crippen LogP contribution in [0.25, 0.3) is 11.2 Å². The molecule has 0 aliphatic carbocycles. The Labute approximate surface area is 181 Å². The number of aliphatic hydroxyl groups is 1. The first-order valence-corrected chi connectivity index (χ1v) is 13.2. The molecule has 0 saturated carbocycles. The van der Waals surface area contributed by atoms with E-state index in [0.717, 1.165) is 0 Å². The van der Waals surface area contributed by atoms with Crippen LogP contribution < -0.4 is 10.9 Å². The first-order valence-electron chi connectivity index (χ1n) is 10.3. The lowest BCUT2D eigenvalue weighted by Crippen LogP contribution is -2.45. The van der Waals surface area contributed by atoms with Crippen LogP contribution in [0.2, 0.25) is 18.1 Å². The summed E-state index contributed by atoms with van der Waals surface area (Å²) in [5, 5.41) is 12.2. The molecule has 0 radical (unpaired) electrons. The number of fused-ring (bicyclic) bond motifs is 1. The van der Waals surface area contributed by atoms with Gasteiger partial charge in [0, 0.05) is 5.92 Å². The van der Waals surface area contributed by atoms with E-state index in [1.807, 2.05) is 0 Å². The summed E-state index contributed by atoms with van der Waals surface area (Å²) in [6, 6.07) is 0. The van der Waals surface area contributed by atoms with E-state index < -0.39 is 26.2 Å². The first-order chi connectivity index (χ1) is 14.3. The van der Waals surface area contributed by atoms with Crippen LogP contribution >= 0.6 is 0 Å². The van der Waals surface area contributed by atoms with E-state index in [4.69, 9.17) is 9.16 Å². The second-order valence-corrected chi connectivity index (χ2v) is 14.3. The standard InChI is InChI=1S/C20H31N5O5Si/c1-11(2)16(27)23-19-22-15-14(17(28)24-19)21-10-25(15)18-13(8-12(9-26)29-18)30-31(6,7)20(3,4)5/h8,10-11,13,18,26H,9H2,1-7H3,(H2,22,23,24,27,28). The van der Waals surface area contributed by atoms with Crippen molar-refractivity contribution < 1.29 is 19.1 Å². The van der Waals surface area contributed by atoms with Crippen LogP contribution in [0, 0.1) is 5.92 Å². The van der Waals surface area contributed by atoms with Crippen molar-refractivity contribution in [1.82, 2.24) is 19.5 Å². The summed E-state index contributed by atoms with van der Waals surface area (Å²) in [5.74, 6) is -0.126. The maximum Gasteiger partial charge on any atom is 0.280 e. The van der Waals surface area contributed by atoms with Gasteiger partial charge >= 0.3 is 0 Å². The predicted octanol–water partition coefficient (Wildman–Crippen LogP) is 2.51. The Hall–Kier alpha value is -2.50. The quantitative estimate of drug-likeness (QED) is 0.577. The molecule has 0 spiro atoms. The van der Waals surface area contributed by atoms with Crippen molar-refractivity contribution in [3.63, 3.8) is 0 Å².